The van der Waals surface area contributed by atoms with Crippen molar-refractivity contribution in [3.63, 3.8) is 0 Å². The minimum Gasteiger partial charge on any atom is -0.462 e. The van der Waals surface area contributed by atoms with E-state index in [9.17, 15) is 9.59 Å². The van der Waals surface area contributed by atoms with Gasteiger partial charge in [0.1, 0.15) is 0 Å². The number of ether oxygens (including phenoxy) is 1. The Morgan fingerprint density at radius 3 is 2.33 bits per heavy atom. The second-order valence-electron chi connectivity index (χ2n) is 4.12. The number of rotatable bonds is 7. The predicted octanol–water partition coefficient (Wildman–Crippen LogP) is 4.03. The molecule has 0 saturated carbocycles. The maximum atomic E-state index is 11.8. The van der Waals surface area contributed by atoms with Crippen LogP contribution in [0.3, 0.4) is 0 Å². The Balaban J connectivity index is 2.57. The van der Waals surface area contributed by atoms with Crippen LogP contribution in [-0.2, 0) is 4.74 Å². The van der Waals surface area contributed by atoms with Crippen LogP contribution in [0.5, 0.6) is 0 Å². The number of unbranched alkanes of at least 4 members (excludes halogenated alkanes) is 1. The van der Waals surface area contributed by atoms with E-state index in [-0.39, 0.29) is 12.0 Å². The SMILES string of the molecule is CCCCOC(=O)c1ccc(NC(=O)N(SC)SC)cc1. The molecule has 1 rings (SSSR count). The van der Waals surface area contributed by atoms with Crippen molar-refractivity contribution < 1.29 is 14.3 Å². The monoisotopic (exact) mass is 328 g/mol. The molecule has 116 valence electrons. The van der Waals surface area contributed by atoms with Gasteiger partial charge in [0.2, 0.25) is 0 Å². The molecule has 0 saturated heterocycles. The molecule has 0 unspecified atom stereocenters. The van der Waals surface area contributed by atoms with Gasteiger partial charge < -0.3 is 10.1 Å². The maximum Gasteiger partial charge on any atom is 0.342 e. The van der Waals surface area contributed by atoms with Gasteiger partial charge >= 0.3 is 12.0 Å². The number of nitrogens with one attached hydrogen (secondary N) is 1. The van der Waals surface area contributed by atoms with E-state index in [4.69, 9.17) is 4.74 Å². The molecular weight excluding hydrogens is 308 g/mol. The zero-order valence-electron chi connectivity index (χ0n) is 12.4. The summed E-state index contributed by atoms with van der Waals surface area (Å²) in [5, 5.41) is 2.76. The minimum absolute atomic E-state index is 0.215. The number of nitrogens with zero attached hydrogens (tertiary/aromatic N) is 1. The van der Waals surface area contributed by atoms with Crippen LogP contribution in [0.1, 0.15) is 30.1 Å². The van der Waals surface area contributed by atoms with Crippen molar-refractivity contribution in [2.24, 2.45) is 0 Å². The first kappa shape index (κ1) is 17.7. The number of amides is 2. The second-order valence-corrected chi connectivity index (χ2v) is 5.81. The van der Waals surface area contributed by atoms with Crippen LogP contribution < -0.4 is 5.32 Å². The van der Waals surface area contributed by atoms with E-state index in [2.05, 4.69) is 5.32 Å². The first-order valence-electron chi connectivity index (χ1n) is 6.58. The molecule has 0 fully saturated rings. The Morgan fingerprint density at radius 1 is 1.19 bits per heavy atom. The number of anilines is 1. The van der Waals surface area contributed by atoms with Crippen molar-refractivity contribution in [1.82, 2.24) is 3.71 Å². The Morgan fingerprint density at radius 2 is 1.81 bits per heavy atom. The Hall–Kier alpha value is -1.34. The largest absolute Gasteiger partial charge is 0.462 e. The van der Waals surface area contributed by atoms with Crippen molar-refractivity contribution in [2.45, 2.75) is 19.8 Å². The molecule has 2 amide bonds. The van der Waals surface area contributed by atoms with E-state index in [1.54, 1.807) is 24.3 Å². The fourth-order valence-corrected chi connectivity index (χ4v) is 2.51. The number of carbonyl (C=O) groups is 2. The molecule has 1 aromatic rings. The van der Waals surface area contributed by atoms with Crippen molar-refractivity contribution in [3.05, 3.63) is 29.8 Å². The van der Waals surface area contributed by atoms with Crippen LogP contribution in [0, 0.1) is 0 Å². The molecular formula is C14H20N2O3S2. The van der Waals surface area contributed by atoms with Gasteiger partial charge in [0.15, 0.2) is 0 Å². The maximum absolute atomic E-state index is 11.8. The van der Waals surface area contributed by atoms with Crippen LogP contribution in [0.2, 0.25) is 0 Å². The number of carbonyl (C=O) groups excluding carboxylic acids is 2. The van der Waals surface area contributed by atoms with Crippen molar-refractivity contribution in [1.29, 1.82) is 0 Å². The summed E-state index contributed by atoms with van der Waals surface area (Å²) in [5.41, 5.74) is 1.12. The zero-order valence-corrected chi connectivity index (χ0v) is 14.1. The van der Waals surface area contributed by atoms with Gasteiger partial charge in [0, 0.05) is 18.2 Å². The molecule has 0 aliphatic rings. The third-order valence-electron chi connectivity index (χ3n) is 2.60. The van der Waals surface area contributed by atoms with Crippen LogP contribution in [0.15, 0.2) is 24.3 Å². The molecule has 0 atom stereocenters. The lowest BCUT2D eigenvalue weighted by Crippen LogP contribution is -2.23. The molecule has 1 aromatic carbocycles. The van der Waals surface area contributed by atoms with Gasteiger partial charge in [-0.25, -0.2) is 13.3 Å². The molecule has 0 aromatic heterocycles. The summed E-state index contributed by atoms with van der Waals surface area (Å²) in [4.78, 5) is 23.6. The average molecular weight is 328 g/mol. The molecule has 7 heteroatoms. The molecule has 0 bridgehead atoms. The standard InChI is InChI=1S/C14H20N2O3S2/c1-4-5-10-19-13(17)11-6-8-12(9-7-11)15-14(18)16(20-2)21-3/h6-9H,4-5,10H2,1-3H3,(H,15,18). The van der Waals surface area contributed by atoms with E-state index in [0.717, 1.165) is 12.8 Å². The fraction of sp³-hybridized carbons (Fsp3) is 0.429. The highest BCUT2D eigenvalue weighted by Crippen LogP contribution is 2.19. The lowest BCUT2D eigenvalue weighted by atomic mass is 10.2. The Bertz CT molecular complexity index is 462. The lowest BCUT2D eigenvalue weighted by molar-refractivity contribution is 0.0500. The first-order valence-corrected chi connectivity index (χ1v) is 8.95. The molecule has 1 N–H and O–H groups in total. The second kappa shape index (κ2) is 9.57. The van der Waals surface area contributed by atoms with E-state index < -0.39 is 0 Å². The number of urea groups is 1. The van der Waals surface area contributed by atoms with Gasteiger partial charge in [-0.2, -0.15) is 0 Å². The number of hydrogen-bond acceptors (Lipinski definition) is 5. The van der Waals surface area contributed by atoms with E-state index in [1.165, 1.54) is 27.6 Å². The van der Waals surface area contributed by atoms with E-state index >= 15 is 0 Å². The normalized spacial score (nSPS) is 10.0. The van der Waals surface area contributed by atoms with Gasteiger partial charge in [-0.15, -0.1) is 0 Å². The molecule has 0 aliphatic heterocycles. The summed E-state index contributed by atoms with van der Waals surface area (Å²) in [7, 11) is 0. The summed E-state index contributed by atoms with van der Waals surface area (Å²) >= 11 is 2.65. The minimum atomic E-state index is -0.337. The highest BCUT2D eigenvalue weighted by atomic mass is 32.2. The molecule has 5 nitrogen and oxygen atoms in total. The number of benzene rings is 1. The number of esters is 1. The lowest BCUT2D eigenvalue weighted by Gasteiger charge is -2.16. The van der Waals surface area contributed by atoms with Crippen LogP contribution in [-0.4, -0.2) is 34.8 Å². The molecule has 0 aliphatic carbocycles. The molecule has 0 radical (unpaired) electrons. The van der Waals surface area contributed by atoms with Crippen LogP contribution >= 0.6 is 23.9 Å². The van der Waals surface area contributed by atoms with Gasteiger partial charge in [-0.1, -0.05) is 13.3 Å². The van der Waals surface area contributed by atoms with Gasteiger partial charge in [-0.3, -0.25) is 0 Å². The van der Waals surface area contributed by atoms with E-state index in [0.29, 0.717) is 17.9 Å². The zero-order chi connectivity index (χ0) is 15.7. The number of hydrogen-bond donors (Lipinski definition) is 1. The Labute approximate surface area is 134 Å². The van der Waals surface area contributed by atoms with Crippen molar-refractivity contribution >= 4 is 41.6 Å². The van der Waals surface area contributed by atoms with Gasteiger partial charge in [0.25, 0.3) is 0 Å². The van der Waals surface area contributed by atoms with Crippen LogP contribution in [0.4, 0.5) is 10.5 Å². The summed E-state index contributed by atoms with van der Waals surface area (Å²) < 4.78 is 6.64. The van der Waals surface area contributed by atoms with Crippen LogP contribution in [0.25, 0.3) is 0 Å². The van der Waals surface area contributed by atoms with Gasteiger partial charge in [0.05, 0.1) is 12.2 Å². The fourth-order valence-electron chi connectivity index (χ4n) is 1.49. The summed E-state index contributed by atoms with van der Waals surface area (Å²) in [6.45, 7) is 2.47. The predicted molar refractivity (Wildman–Crippen MR) is 89.5 cm³/mol. The third-order valence-corrected chi connectivity index (χ3v) is 4.49. The average Bonchev–Trinajstić information content (AvgIpc) is 2.49. The van der Waals surface area contributed by atoms with Crippen molar-refractivity contribution in [2.75, 3.05) is 24.4 Å². The van der Waals surface area contributed by atoms with Gasteiger partial charge in [-0.05, 0) is 54.6 Å². The third kappa shape index (κ3) is 5.89. The summed E-state index contributed by atoms with van der Waals surface area (Å²) in [6.07, 6.45) is 5.50. The quantitative estimate of drug-likeness (QED) is 0.465. The first-order chi connectivity index (χ1) is 10.1. The highest BCUT2D eigenvalue weighted by molar-refractivity contribution is 8.12. The Kier molecular flexibility index (Phi) is 8.07. The summed E-state index contributed by atoms with van der Waals surface area (Å²) in [5.74, 6) is -0.337. The van der Waals surface area contributed by atoms with Crippen molar-refractivity contribution in [3.8, 4) is 0 Å². The van der Waals surface area contributed by atoms with E-state index in [1.807, 2.05) is 19.4 Å². The topological polar surface area (TPSA) is 58.6 Å². The highest BCUT2D eigenvalue weighted by Gasteiger charge is 2.12. The molecule has 0 heterocycles. The molecule has 21 heavy (non-hydrogen) atoms. The summed E-state index contributed by atoms with van der Waals surface area (Å²) in [6, 6.07) is 6.45. The molecule has 0 spiro atoms. The smallest absolute Gasteiger partial charge is 0.342 e.